The summed E-state index contributed by atoms with van der Waals surface area (Å²) in [6, 6.07) is 14.5. The molecular formula is C30H27ClF3N5O4. The number of likely N-dealkylation sites (tertiary alicyclic amines) is 1. The third kappa shape index (κ3) is 6.40. The summed E-state index contributed by atoms with van der Waals surface area (Å²) < 4.78 is 58.1. The number of alkyl halides is 2. The van der Waals surface area contributed by atoms with Gasteiger partial charge in [-0.1, -0.05) is 23.7 Å². The summed E-state index contributed by atoms with van der Waals surface area (Å²) in [5.74, 6) is 0.714. The lowest BCUT2D eigenvalue weighted by molar-refractivity contribution is -0.0488. The van der Waals surface area contributed by atoms with Gasteiger partial charge in [0.1, 0.15) is 23.8 Å². The number of halogens is 4. The monoisotopic (exact) mass is 613 g/mol. The van der Waals surface area contributed by atoms with Gasteiger partial charge in [-0.25, -0.2) is 14.4 Å². The first kappa shape index (κ1) is 28.8. The molecule has 3 aromatic heterocycles. The van der Waals surface area contributed by atoms with Crippen molar-refractivity contribution in [3.8, 4) is 28.8 Å². The molecule has 224 valence electrons. The molecule has 0 spiro atoms. The molecule has 0 bridgehead atoms. The highest BCUT2D eigenvalue weighted by molar-refractivity contribution is 6.30. The SMILES string of the molecule is Cn1c(CN2CCC(c3cccc(OCc4ccc(Cl)cc4F)n3)CC2)nc2c(OC(F)F)cc(-c3cc(O)no3)cc21. The quantitative estimate of drug-likeness (QED) is 0.197. The summed E-state index contributed by atoms with van der Waals surface area (Å²) in [5.41, 5.74) is 2.61. The number of benzene rings is 2. The Balaban J connectivity index is 1.13. The first-order valence-corrected chi connectivity index (χ1v) is 14.0. The van der Waals surface area contributed by atoms with E-state index in [9.17, 15) is 18.3 Å². The second-order valence-electron chi connectivity index (χ2n) is 10.3. The summed E-state index contributed by atoms with van der Waals surface area (Å²) in [7, 11) is 1.82. The molecule has 0 radical (unpaired) electrons. The molecular weight excluding hydrogens is 587 g/mol. The number of pyridine rings is 1. The van der Waals surface area contributed by atoms with Crippen molar-refractivity contribution in [3.63, 3.8) is 0 Å². The van der Waals surface area contributed by atoms with E-state index < -0.39 is 12.4 Å². The van der Waals surface area contributed by atoms with Crippen molar-refractivity contribution in [2.24, 2.45) is 7.05 Å². The average molecular weight is 614 g/mol. The Morgan fingerprint density at radius 2 is 1.91 bits per heavy atom. The van der Waals surface area contributed by atoms with Gasteiger partial charge < -0.3 is 23.7 Å². The van der Waals surface area contributed by atoms with Crippen LogP contribution in [0.2, 0.25) is 5.02 Å². The largest absolute Gasteiger partial charge is 0.491 e. The van der Waals surface area contributed by atoms with Gasteiger partial charge in [-0.15, -0.1) is 0 Å². The molecule has 43 heavy (non-hydrogen) atoms. The van der Waals surface area contributed by atoms with E-state index >= 15 is 0 Å². The first-order valence-electron chi connectivity index (χ1n) is 13.6. The number of rotatable bonds is 9. The number of ether oxygens (including phenoxy) is 2. The number of fused-ring (bicyclic) bond motifs is 1. The average Bonchev–Trinajstić information content (AvgIpc) is 3.56. The van der Waals surface area contributed by atoms with E-state index in [-0.39, 0.29) is 29.9 Å². The number of nitrogens with zero attached hydrogens (tertiary/aromatic N) is 5. The van der Waals surface area contributed by atoms with Crippen LogP contribution in [0.4, 0.5) is 13.2 Å². The van der Waals surface area contributed by atoms with Gasteiger partial charge in [-0.3, -0.25) is 4.90 Å². The zero-order valence-electron chi connectivity index (χ0n) is 23.0. The second kappa shape index (κ2) is 12.1. The molecule has 1 aliphatic heterocycles. The van der Waals surface area contributed by atoms with Gasteiger partial charge in [-0.2, -0.15) is 8.78 Å². The van der Waals surface area contributed by atoms with E-state index in [2.05, 4.69) is 20.0 Å². The minimum atomic E-state index is -3.04. The highest BCUT2D eigenvalue weighted by Crippen LogP contribution is 2.35. The van der Waals surface area contributed by atoms with Gasteiger partial charge in [-0.05, 0) is 61.4 Å². The van der Waals surface area contributed by atoms with Crippen molar-refractivity contribution in [2.75, 3.05) is 13.1 Å². The number of aryl methyl sites for hydroxylation is 1. The van der Waals surface area contributed by atoms with Crippen LogP contribution in [0.3, 0.4) is 0 Å². The predicted octanol–water partition coefficient (Wildman–Crippen LogP) is 6.68. The van der Waals surface area contributed by atoms with Crippen LogP contribution in [-0.2, 0) is 20.2 Å². The number of hydrogen-bond acceptors (Lipinski definition) is 8. The van der Waals surface area contributed by atoms with Crippen molar-refractivity contribution in [2.45, 2.75) is 38.5 Å². The van der Waals surface area contributed by atoms with Gasteiger partial charge >= 0.3 is 6.61 Å². The van der Waals surface area contributed by atoms with E-state index in [1.165, 1.54) is 18.2 Å². The van der Waals surface area contributed by atoms with Crippen LogP contribution in [0.5, 0.6) is 17.5 Å². The molecule has 2 aromatic carbocycles. The number of aromatic hydroxyl groups is 1. The number of imidazole rings is 1. The molecule has 1 fully saturated rings. The van der Waals surface area contributed by atoms with E-state index in [4.69, 9.17) is 25.6 Å². The highest BCUT2D eigenvalue weighted by Gasteiger charge is 2.25. The molecule has 6 rings (SSSR count). The third-order valence-corrected chi connectivity index (χ3v) is 7.78. The highest BCUT2D eigenvalue weighted by atomic mass is 35.5. The molecule has 0 unspecified atom stereocenters. The summed E-state index contributed by atoms with van der Waals surface area (Å²) in [5, 5.41) is 13.4. The molecule has 1 aliphatic rings. The van der Waals surface area contributed by atoms with Gasteiger partial charge in [0.2, 0.25) is 5.88 Å². The molecule has 0 aliphatic carbocycles. The molecule has 9 nitrogen and oxygen atoms in total. The maximum absolute atomic E-state index is 14.1. The fourth-order valence-corrected chi connectivity index (χ4v) is 5.45. The van der Waals surface area contributed by atoms with Gasteiger partial charge in [0.15, 0.2) is 11.5 Å². The number of hydrogen-bond donors (Lipinski definition) is 1. The van der Waals surface area contributed by atoms with Crippen molar-refractivity contribution in [1.82, 2.24) is 24.6 Å². The lowest BCUT2D eigenvalue weighted by atomic mass is 9.93. The Morgan fingerprint density at radius 1 is 1.09 bits per heavy atom. The van der Waals surface area contributed by atoms with Crippen molar-refractivity contribution >= 4 is 22.6 Å². The molecule has 1 N–H and O–H groups in total. The van der Waals surface area contributed by atoms with Crippen LogP contribution in [0.1, 0.15) is 35.8 Å². The van der Waals surface area contributed by atoms with Crippen LogP contribution in [0.25, 0.3) is 22.4 Å². The second-order valence-corrected chi connectivity index (χ2v) is 10.8. The molecule has 0 amide bonds. The molecule has 0 atom stereocenters. The van der Waals surface area contributed by atoms with Gasteiger partial charge in [0.25, 0.3) is 5.88 Å². The zero-order valence-corrected chi connectivity index (χ0v) is 23.8. The Labute approximate surface area is 249 Å². The van der Waals surface area contributed by atoms with Crippen LogP contribution < -0.4 is 9.47 Å². The standard InChI is InChI=1S/C30H27ClF3N5O4/c1-38-23-11-19(24-14-27(40)37-43-24)12-25(42-30(33)34)29(23)36-26(38)15-39-9-7-17(8-10-39)22-3-2-4-28(35-22)41-16-18-5-6-20(31)13-21(18)32/h2-6,11-14,17,30H,7-10,15-16H2,1H3,(H,37,40). The van der Waals surface area contributed by atoms with E-state index in [0.717, 1.165) is 31.6 Å². The summed E-state index contributed by atoms with van der Waals surface area (Å²) in [4.78, 5) is 11.6. The fraction of sp³-hybridized carbons (Fsp3) is 0.300. The minimum absolute atomic E-state index is 0.0440. The van der Waals surface area contributed by atoms with Crippen molar-refractivity contribution in [3.05, 3.63) is 82.5 Å². The number of aromatic nitrogens is 4. The molecule has 13 heteroatoms. The normalized spacial score (nSPS) is 14.6. The first-order chi connectivity index (χ1) is 20.7. The maximum atomic E-state index is 14.1. The maximum Gasteiger partial charge on any atom is 0.387 e. The Morgan fingerprint density at radius 3 is 2.63 bits per heavy atom. The van der Waals surface area contributed by atoms with Crippen LogP contribution in [0, 0.1) is 5.82 Å². The van der Waals surface area contributed by atoms with Crippen molar-refractivity contribution in [1.29, 1.82) is 0 Å². The Kier molecular flexibility index (Phi) is 8.13. The Hall–Kier alpha value is -4.29. The summed E-state index contributed by atoms with van der Waals surface area (Å²) >= 11 is 5.83. The number of piperidine rings is 1. The smallest absolute Gasteiger partial charge is 0.387 e. The third-order valence-electron chi connectivity index (χ3n) is 7.55. The fourth-order valence-electron chi connectivity index (χ4n) is 5.29. The lowest BCUT2D eigenvalue weighted by Crippen LogP contribution is -2.33. The van der Waals surface area contributed by atoms with E-state index in [1.807, 2.05) is 23.7 Å². The van der Waals surface area contributed by atoms with Crippen molar-refractivity contribution < 1.29 is 32.3 Å². The zero-order chi connectivity index (χ0) is 30.1. The van der Waals surface area contributed by atoms with Crippen LogP contribution in [-0.4, -0.2) is 49.4 Å². The van der Waals surface area contributed by atoms with E-state index in [1.54, 1.807) is 24.3 Å². The minimum Gasteiger partial charge on any atom is -0.491 e. The van der Waals surface area contributed by atoms with Crippen LogP contribution >= 0.6 is 11.6 Å². The molecule has 1 saturated heterocycles. The molecule has 5 aromatic rings. The topological polar surface area (TPSA) is 98.7 Å². The van der Waals surface area contributed by atoms with Gasteiger partial charge in [0, 0.05) is 46.9 Å². The predicted molar refractivity (Wildman–Crippen MR) is 152 cm³/mol. The van der Waals surface area contributed by atoms with Gasteiger partial charge in [0.05, 0.1) is 12.1 Å². The summed E-state index contributed by atoms with van der Waals surface area (Å²) in [6.07, 6.45) is 1.70. The lowest BCUT2D eigenvalue weighted by Gasteiger charge is -2.31. The summed E-state index contributed by atoms with van der Waals surface area (Å²) in [6.45, 7) is -0.933. The molecule has 0 saturated carbocycles. The molecule has 4 heterocycles. The Bertz CT molecular complexity index is 1750. The van der Waals surface area contributed by atoms with E-state index in [0.29, 0.717) is 45.4 Å². The van der Waals surface area contributed by atoms with Crippen LogP contribution in [0.15, 0.2) is 59.1 Å².